The summed E-state index contributed by atoms with van der Waals surface area (Å²) in [5.74, 6) is -3.50. The number of carboxylic acid groups (broad SMARTS) is 2. The summed E-state index contributed by atoms with van der Waals surface area (Å²) in [5, 5.41) is 13.9. The number of ether oxygens (including phenoxy) is 1. The van der Waals surface area contributed by atoms with E-state index in [2.05, 4.69) is 6.92 Å². The van der Waals surface area contributed by atoms with Gasteiger partial charge in [-0.3, -0.25) is 14.1 Å². The van der Waals surface area contributed by atoms with Gasteiger partial charge in [0.25, 0.3) is 10.1 Å². The first-order valence-corrected chi connectivity index (χ1v) is 12.0. The van der Waals surface area contributed by atoms with Crippen molar-refractivity contribution in [3.63, 3.8) is 0 Å². The number of rotatable bonds is 18. The molecule has 8 nitrogen and oxygen atoms in total. The van der Waals surface area contributed by atoms with E-state index in [1.54, 1.807) is 6.61 Å². The maximum absolute atomic E-state index is 10.2. The summed E-state index contributed by atoms with van der Waals surface area (Å²) in [6, 6.07) is 0. The largest absolute Gasteiger partial charge is 1.00 e. The van der Waals surface area contributed by atoms with Gasteiger partial charge in [-0.2, -0.15) is 15.3 Å². The smallest absolute Gasteiger partial charge is 0.552 e. The molecule has 0 aliphatic heterocycles. The third-order valence-electron chi connectivity index (χ3n) is 4.28. The predicted octanol–water partition coefficient (Wildman–Crippen LogP) is 1.69. The normalized spacial score (nSPS) is 11.7. The summed E-state index contributed by atoms with van der Waals surface area (Å²) in [4.78, 5) is 20.0. The van der Waals surface area contributed by atoms with Crippen LogP contribution in [0.5, 0.6) is 0 Å². The van der Waals surface area contributed by atoms with E-state index in [4.69, 9.17) is 19.5 Å². The molecule has 0 aliphatic rings. The first kappa shape index (κ1) is 35.0. The van der Waals surface area contributed by atoms with Gasteiger partial charge in [0, 0.05) is 6.61 Å². The Kier molecular flexibility index (Phi) is 28.1. The molecule has 0 saturated carbocycles. The first-order chi connectivity index (χ1) is 13.7. The zero-order chi connectivity index (χ0) is 22.5. The fourth-order valence-electron chi connectivity index (χ4n) is 2.62. The van der Waals surface area contributed by atoms with Crippen molar-refractivity contribution in [1.82, 2.24) is 0 Å². The predicted molar refractivity (Wildman–Crippen MR) is 112 cm³/mol. The van der Waals surface area contributed by atoms with Crippen LogP contribution in [0.4, 0.5) is 0 Å². The molecule has 0 aromatic heterocycles. The van der Waals surface area contributed by atoms with Crippen LogP contribution in [0.2, 0.25) is 0 Å². The van der Waals surface area contributed by atoms with Crippen LogP contribution in [0, 0.1) is 6.61 Å². The minimum Gasteiger partial charge on any atom is -0.552 e. The van der Waals surface area contributed by atoms with Gasteiger partial charge in [-0.05, 0) is 6.42 Å². The van der Waals surface area contributed by atoms with Gasteiger partial charge in [0.05, 0.1) is 6.42 Å². The van der Waals surface area contributed by atoms with E-state index >= 15 is 0 Å². The second-order valence-corrected chi connectivity index (χ2v) is 8.53. The molecule has 0 heterocycles. The van der Waals surface area contributed by atoms with Crippen LogP contribution < -0.4 is 51.4 Å². The van der Waals surface area contributed by atoms with Gasteiger partial charge in [-0.1, -0.05) is 77.6 Å². The Bertz CT molecular complexity index is 497. The molecule has 30 heavy (non-hydrogen) atoms. The minimum atomic E-state index is -4.84. The molecule has 0 amide bonds. The van der Waals surface area contributed by atoms with E-state index < -0.39 is 33.7 Å². The molecule has 0 aliphatic carbocycles. The molecule has 0 radical (unpaired) electrons. The summed E-state index contributed by atoms with van der Waals surface area (Å²) in [6.07, 6.45) is 15.7. The van der Waals surface area contributed by atoms with Crippen LogP contribution in [-0.2, 0) is 24.4 Å². The Morgan fingerprint density at radius 3 is 1.53 bits per heavy atom. The van der Waals surface area contributed by atoms with E-state index in [0.717, 1.165) is 6.61 Å². The summed E-state index contributed by atoms with van der Waals surface area (Å²) < 4.78 is 33.9. The third-order valence-corrected chi connectivity index (χ3v) is 5.36. The summed E-state index contributed by atoms with van der Waals surface area (Å²) in [6.45, 7) is 6.93. The molecular formula is C20H39KO8S. The molecule has 0 aromatic carbocycles. The molecule has 0 rings (SSSR count). The van der Waals surface area contributed by atoms with Crippen LogP contribution in [-0.4, -0.2) is 47.0 Å². The molecule has 0 spiro atoms. The number of carbonyl (C=O) groups is 2. The summed E-state index contributed by atoms with van der Waals surface area (Å²) in [5.41, 5.74) is 0. The average molecular weight is 479 g/mol. The van der Waals surface area contributed by atoms with Crippen LogP contribution >= 0.6 is 0 Å². The van der Waals surface area contributed by atoms with E-state index in [0.29, 0.717) is 0 Å². The van der Waals surface area contributed by atoms with Crippen molar-refractivity contribution in [2.75, 3.05) is 6.61 Å². The second-order valence-electron chi connectivity index (χ2n) is 6.94. The number of unbranched alkanes of at least 4 members (excludes halogenated alkanes) is 11. The fourth-order valence-corrected chi connectivity index (χ4v) is 3.23. The maximum atomic E-state index is 10.2. The first-order valence-electron chi connectivity index (χ1n) is 10.5. The maximum Gasteiger partial charge on any atom is 1.00 e. The molecule has 1 unspecified atom stereocenters. The topological polar surface area (TPSA) is 138 Å². The van der Waals surface area contributed by atoms with Crippen LogP contribution in [0.3, 0.4) is 0 Å². The summed E-state index contributed by atoms with van der Waals surface area (Å²) >= 11 is 0. The molecule has 0 aromatic rings. The van der Waals surface area contributed by atoms with Crippen molar-refractivity contribution in [1.29, 1.82) is 0 Å². The van der Waals surface area contributed by atoms with Crippen molar-refractivity contribution in [2.24, 2.45) is 0 Å². The Balaban J connectivity index is -0.000000497. The molecule has 3 N–H and O–H groups in total. The van der Waals surface area contributed by atoms with Crippen LogP contribution in [0.1, 0.15) is 97.3 Å². The number of hydrogen-bond acceptors (Lipinski definition) is 5. The Morgan fingerprint density at radius 2 is 1.27 bits per heavy atom. The molecule has 1 atom stereocenters. The molecule has 0 saturated heterocycles. The molecule has 0 bridgehead atoms. The van der Waals surface area contributed by atoms with Crippen LogP contribution in [0.15, 0.2) is 0 Å². The average Bonchev–Trinajstić information content (AvgIpc) is 2.63. The van der Waals surface area contributed by atoms with E-state index in [-0.39, 0.29) is 51.4 Å². The van der Waals surface area contributed by atoms with E-state index in [1.807, 2.05) is 6.92 Å². The Hall–Kier alpha value is 0.446. The van der Waals surface area contributed by atoms with Crippen molar-refractivity contribution >= 4 is 22.1 Å². The summed E-state index contributed by atoms with van der Waals surface area (Å²) in [7, 11) is -4.84. The van der Waals surface area contributed by atoms with Gasteiger partial charge in [-0.25, -0.2) is 6.61 Å². The van der Waals surface area contributed by atoms with E-state index in [9.17, 15) is 18.0 Å². The van der Waals surface area contributed by atoms with Gasteiger partial charge in [-0.15, -0.1) is 0 Å². The number of hydrogen-bond donors (Lipinski definition) is 3. The van der Waals surface area contributed by atoms with Crippen molar-refractivity contribution < 1.29 is 88.9 Å². The van der Waals surface area contributed by atoms with Gasteiger partial charge < -0.3 is 14.9 Å². The molecule has 0 fully saturated rings. The molecular weight excluding hydrogens is 439 g/mol. The number of carboxylic acids is 2. The van der Waals surface area contributed by atoms with Crippen LogP contribution in [0.25, 0.3) is 0 Å². The third kappa shape index (κ3) is 26.5. The quantitative estimate of drug-likeness (QED) is 0.117. The van der Waals surface area contributed by atoms with Gasteiger partial charge >= 0.3 is 63.3 Å². The Morgan fingerprint density at radius 1 is 0.867 bits per heavy atom. The van der Waals surface area contributed by atoms with Crippen molar-refractivity contribution in [2.45, 2.75) is 103 Å². The zero-order valence-electron chi connectivity index (χ0n) is 18.8. The van der Waals surface area contributed by atoms with Crippen molar-refractivity contribution in [3.05, 3.63) is 6.61 Å². The number of aliphatic carboxylic acids is 2. The fraction of sp³-hybridized carbons (Fsp3) is 0.850. The zero-order valence-corrected chi connectivity index (χ0v) is 22.8. The van der Waals surface area contributed by atoms with Gasteiger partial charge in [0.15, 0.2) is 5.25 Å². The SMILES string of the molecule is C[CH-]OCCCCCCCCCCCCCC.O=C(O)CC(C(=O)O)S(=O)(=O)O.[K+]. The second kappa shape index (κ2) is 24.1. The standard InChI is InChI=1S/C16H33O.C4H6O7S.K/c1-3-5-6-7-8-9-10-11-12-13-14-15-16-17-4-2;5-3(6)1-2(4(7)8)12(9,10)11;/h4H,3,5-16H2,1-2H3;2H,1H2,(H,5,6)(H,7,8)(H,9,10,11);/q-1;;+1. The van der Waals surface area contributed by atoms with E-state index in [1.165, 1.54) is 77.0 Å². The molecule has 174 valence electrons. The Labute approximate surface area is 224 Å². The van der Waals surface area contributed by atoms with Gasteiger partial charge in [0.2, 0.25) is 0 Å². The molecule has 10 heteroatoms. The minimum absolute atomic E-state index is 0. The monoisotopic (exact) mass is 478 g/mol. The van der Waals surface area contributed by atoms with Gasteiger partial charge in [0.1, 0.15) is 0 Å². The van der Waals surface area contributed by atoms with Crippen molar-refractivity contribution in [3.8, 4) is 0 Å².